The van der Waals surface area contributed by atoms with Crippen LogP contribution >= 0.6 is 0 Å². The van der Waals surface area contributed by atoms with Gasteiger partial charge < -0.3 is 13.3 Å². The lowest BCUT2D eigenvalue weighted by molar-refractivity contribution is -0.0384. The Labute approximate surface area is 88.1 Å². The Balaban J connectivity index is 2.30. The summed E-state index contributed by atoms with van der Waals surface area (Å²) in [6.07, 6.45) is 2.23. The molecule has 1 heterocycles. The quantitative estimate of drug-likeness (QED) is 0.536. The Morgan fingerprint density at radius 2 is 1.86 bits per heavy atom. The van der Waals surface area contributed by atoms with E-state index >= 15 is 0 Å². The van der Waals surface area contributed by atoms with Crippen LogP contribution < -0.4 is 0 Å². The molecule has 0 aromatic carbocycles. The minimum Gasteiger partial charge on any atom is -0.374 e. The van der Waals surface area contributed by atoms with E-state index in [4.69, 9.17) is 13.3 Å². The highest BCUT2D eigenvalue weighted by Crippen LogP contribution is 2.27. The molecule has 0 aromatic heterocycles. The van der Waals surface area contributed by atoms with E-state index in [1.54, 1.807) is 0 Å². The van der Waals surface area contributed by atoms with E-state index < -0.39 is 8.80 Å². The molecule has 0 radical (unpaired) electrons. The van der Waals surface area contributed by atoms with Gasteiger partial charge in [0.1, 0.15) is 0 Å². The first-order chi connectivity index (χ1) is 6.47. The van der Waals surface area contributed by atoms with Gasteiger partial charge in [0, 0.05) is 31.8 Å². The minimum absolute atomic E-state index is 0.140. The van der Waals surface area contributed by atoms with E-state index in [1.807, 2.05) is 6.55 Å². The van der Waals surface area contributed by atoms with Crippen LogP contribution in [0, 0.1) is 5.41 Å². The molecule has 0 saturated carbocycles. The third kappa shape index (κ3) is 3.69. The molecular formula is C10H22O3Si. The van der Waals surface area contributed by atoms with Crippen LogP contribution in [-0.4, -0.2) is 28.6 Å². The highest BCUT2D eigenvalue weighted by Gasteiger charge is 2.42. The summed E-state index contributed by atoms with van der Waals surface area (Å²) >= 11 is 0. The molecule has 0 aromatic rings. The monoisotopic (exact) mass is 218 g/mol. The lowest BCUT2D eigenvalue weighted by Crippen LogP contribution is -2.52. The standard InChI is InChI=1S/C10H22O3Si/c1-5-6-7-11-14(4)12-8-10(2,3)9-13-14/h5-9H2,1-4H3. The Kier molecular flexibility index (Phi) is 4.12. The van der Waals surface area contributed by atoms with Crippen LogP contribution in [0.4, 0.5) is 0 Å². The molecule has 0 N–H and O–H groups in total. The van der Waals surface area contributed by atoms with Crippen LogP contribution in [0.5, 0.6) is 0 Å². The summed E-state index contributed by atoms with van der Waals surface area (Å²) in [4.78, 5) is 0. The fraction of sp³-hybridized carbons (Fsp3) is 1.00. The van der Waals surface area contributed by atoms with Crippen LogP contribution in [0.2, 0.25) is 6.55 Å². The lowest BCUT2D eigenvalue weighted by Gasteiger charge is -2.38. The highest BCUT2D eigenvalue weighted by atomic mass is 28.4. The zero-order valence-electron chi connectivity index (χ0n) is 9.76. The largest absolute Gasteiger partial charge is 0.497 e. The summed E-state index contributed by atoms with van der Waals surface area (Å²) in [7, 11) is -2.26. The van der Waals surface area contributed by atoms with Gasteiger partial charge >= 0.3 is 8.80 Å². The Morgan fingerprint density at radius 3 is 2.36 bits per heavy atom. The summed E-state index contributed by atoms with van der Waals surface area (Å²) in [6, 6.07) is 0. The van der Waals surface area contributed by atoms with E-state index in [1.165, 1.54) is 0 Å². The number of hydrogen-bond acceptors (Lipinski definition) is 3. The number of rotatable bonds is 4. The average molecular weight is 218 g/mol. The molecule has 1 fully saturated rings. The summed E-state index contributed by atoms with van der Waals surface area (Å²) in [6.45, 7) is 10.7. The van der Waals surface area contributed by atoms with Gasteiger partial charge in [0.25, 0.3) is 0 Å². The molecule has 0 bridgehead atoms. The van der Waals surface area contributed by atoms with Crippen molar-refractivity contribution in [1.82, 2.24) is 0 Å². The molecule has 1 rings (SSSR count). The molecule has 0 atom stereocenters. The number of unbranched alkanes of at least 4 members (excludes halogenated alkanes) is 1. The van der Waals surface area contributed by atoms with Crippen molar-refractivity contribution in [1.29, 1.82) is 0 Å². The molecular weight excluding hydrogens is 196 g/mol. The first-order valence-electron chi connectivity index (χ1n) is 5.39. The summed E-state index contributed by atoms with van der Waals surface area (Å²) in [5, 5.41) is 0. The molecule has 0 spiro atoms. The second-order valence-corrected chi connectivity index (χ2v) is 7.40. The zero-order chi connectivity index (χ0) is 10.7. The highest BCUT2D eigenvalue weighted by molar-refractivity contribution is 6.59. The Bertz CT molecular complexity index is 172. The lowest BCUT2D eigenvalue weighted by atomic mass is 9.97. The van der Waals surface area contributed by atoms with Gasteiger partial charge in [-0.25, -0.2) is 0 Å². The van der Waals surface area contributed by atoms with Crippen LogP contribution in [-0.2, 0) is 13.3 Å². The van der Waals surface area contributed by atoms with Crippen LogP contribution in [0.25, 0.3) is 0 Å². The first kappa shape index (κ1) is 12.2. The molecule has 0 unspecified atom stereocenters. The molecule has 3 nitrogen and oxygen atoms in total. The van der Waals surface area contributed by atoms with Gasteiger partial charge in [-0.05, 0) is 6.42 Å². The first-order valence-corrected chi connectivity index (χ1v) is 7.62. The average Bonchev–Trinajstić information content (AvgIpc) is 2.12. The van der Waals surface area contributed by atoms with Gasteiger partial charge in [-0.1, -0.05) is 27.2 Å². The third-order valence-electron chi connectivity index (χ3n) is 2.31. The van der Waals surface area contributed by atoms with Crippen molar-refractivity contribution in [2.45, 2.75) is 40.2 Å². The van der Waals surface area contributed by atoms with Gasteiger partial charge in [-0.15, -0.1) is 0 Å². The maximum absolute atomic E-state index is 5.72. The maximum atomic E-state index is 5.72. The van der Waals surface area contributed by atoms with Crippen molar-refractivity contribution in [3.05, 3.63) is 0 Å². The van der Waals surface area contributed by atoms with E-state index in [0.717, 1.165) is 32.7 Å². The van der Waals surface area contributed by atoms with Crippen LogP contribution in [0.15, 0.2) is 0 Å². The Hall–Kier alpha value is 0.0969. The third-order valence-corrected chi connectivity index (χ3v) is 4.38. The van der Waals surface area contributed by atoms with Gasteiger partial charge in [0.05, 0.1) is 0 Å². The SMILES string of the molecule is CCCCO[Si]1(C)OCC(C)(C)CO1. The second-order valence-electron chi connectivity index (χ2n) is 4.81. The Morgan fingerprint density at radius 1 is 1.29 bits per heavy atom. The molecule has 4 heteroatoms. The summed E-state index contributed by atoms with van der Waals surface area (Å²) in [5.74, 6) is 0. The molecule has 0 aliphatic carbocycles. The van der Waals surface area contributed by atoms with Crippen LogP contribution in [0.1, 0.15) is 33.6 Å². The van der Waals surface area contributed by atoms with Crippen molar-refractivity contribution in [3.63, 3.8) is 0 Å². The van der Waals surface area contributed by atoms with Crippen molar-refractivity contribution in [3.8, 4) is 0 Å². The smallest absolute Gasteiger partial charge is 0.374 e. The topological polar surface area (TPSA) is 27.7 Å². The predicted molar refractivity (Wildman–Crippen MR) is 58.2 cm³/mol. The van der Waals surface area contributed by atoms with Gasteiger partial charge in [-0.2, -0.15) is 0 Å². The van der Waals surface area contributed by atoms with Crippen molar-refractivity contribution in [2.75, 3.05) is 19.8 Å². The van der Waals surface area contributed by atoms with Gasteiger partial charge in [0.2, 0.25) is 0 Å². The minimum atomic E-state index is -2.26. The molecule has 0 amide bonds. The van der Waals surface area contributed by atoms with Gasteiger partial charge in [0.15, 0.2) is 0 Å². The fourth-order valence-corrected chi connectivity index (χ4v) is 3.29. The van der Waals surface area contributed by atoms with Gasteiger partial charge in [-0.3, -0.25) is 0 Å². The van der Waals surface area contributed by atoms with Crippen molar-refractivity contribution >= 4 is 8.80 Å². The van der Waals surface area contributed by atoms with E-state index in [2.05, 4.69) is 20.8 Å². The van der Waals surface area contributed by atoms with Crippen molar-refractivity contribution in [2.24, 2.45) is 5.41 Å². The number of hydrogen-bond donors (Lipinski definition) is 0. The summed E-state index contributed by atoms with van der Waals surface area (Å²) < 4.78 is 17.1. The predicted octanol–water partition coefficient (Wildman–Crippen LogP) is 2.44. The normalized spacial score (nSPS) is 24.9. The molecule has 14 heavy (non-hydrogen) atoms. The molecule has 84 valence electrons. The molecule has 1 aliphatic heterocycles. The summed E-state index contributed by atoms with van der Waals surface area (Å²) in [5.41, 5.74) is 0.140. The van der Waals surface area contributed by atoms with E-state index in [-0.39, 0.29) is 5.41 Å². The van der Waals surface area contributed by atoms with E-state index in [9.17, 15) is 0 Å². The molecule has 1 saturated heterocycles. The van der Waals surface area contributed by atoms with E-state index in [0.29, 0.717) is 0 Å². The zero-order valence-corrected chi connectivity index (χ0v) is 10.8. The second kappa shape index (κ2) is 4.75. The van der Waals surface area contributed by atoms with Crippen molar-refractivity contribution < 1.29 is 13.3 Å². The molecule has 1 aliphatic rings. The van der Waals surface area contributed by atoms with Crippen LogP contribution in [0.3, 0.4) is 0 Å². The maximum Gasteiger partial charge on any atom is 0.497 e. The fourth-order valence-electron chi connectivity index (χ4n) is 1.22.